The molecule has 0 saturated carbocycles. The monoisotopic (exact) mass is 319 g/mol. The van der Waals surface area contributed by atoms with Crippen molar-refractivity contribution in [2.75, 3.05) is 27.2 Å². The van der Waals surface area contributed by atoms with Crippen molar-refractivity contribution in [2.24, 2.45) is 0 Å². The van der Waals surface area contributed by atoms with Crippen molar-refractivity contribution >= 4 is 17.8 Å². The van der Waals surface area contributed by atoms with Gasteiger partial charge in [0.1, 0.15) is 18.7 Å². The van der Waals surface area contributed by atoms with Crippen LogP contribution in [0.2, 0.25) is 0 Å². The minimum absolute atomic E-state index is 0.124. The summed E-state index contributed by atoms with van der Waals surface area (Å²) in [7, 11) is 3.48. The molecule has 0 aliphatic carbocycles. The normalized spacial score (nSPS) is 20.8. The zero-order chi connectivity index (χ0) is 16.8. The van der Waals surface area contributed by atoms with E-state index >= 15 is 0 Å². The van der Waals surface area contributed by atoms with Crippen molar-refractivity contribution in [1.29, 1.82) is 0 Å². The Labute approximate surface area is 135 Å². The number of carbonyl (C=O) groups is 3. The van der Waals surface area contributed by atoms with Gasteiger partial charge in [-0.3, -0.25) is 19.3 Å². The van der Waals surface area contributed by atoms with E-state index in [1.165, 1.54) is 0 Å². The molecule has 1 aromatic rings. The lowest BCUT2D eigenvalue weighted by Gasteiger charge is -2.29. The molecule has 2 atom stereocenters. The number of nitrogens with one attached hydrogen (secondary N) is 2. The third-order valence-corrected chi connectivity index (χ3v) is 3.40. The van der Waals surface area contributed by atoms with Gasteiger partial charge in [0.05, 0.1) is 6.54 Å². The first-order chi connectivity index (χ1) is 11.0. The number of carbonyl (C=O) groups excluding carboxylic acids is 3. The predicted octanol–water partition coefficient (Wildman–Crippen LogP) is -0.683. The molecule has 1 heterocycles. The van der Waals surface area contributed by atoms with Crippen LogP contribution in [-0.2, 0) is 25.5 Å². The highest BCUT2D eigenvalue weighted by atomic mass is 16.5. The van der Waals surface area contributed by atoms with Crippen molar-refractivity contribution in [2.45, 2.75) is 18.5 Å². The Morgan fingerprint density at radius 1 is 1.09 bits per heavy atom. The zero-order valence-electron chi connectivity index (χ0n) is 13.2. The molecule has 0 spiro atoms. The highest BCUT2D eigenvalue weighted by Crippen LogP contribution is 2.07. The second kappa shape index (κ2) is 7.73. The highest BCUT2D eigenvalue weighted by Gasteiger charge is 2.34. The summed E-state index contributed by atoms with van der Waals surface area (Å²) in [5.74, 6) is -1.06. The Hall–Kier alpha value is -2.41. The van der Waals surface area contributed by atoms with Gasteiger partial charge in [0, 0.05) is 6.42 Å². The molecule has 1 aromatic carbocycles. The van der Waals surface area contributed by atoms with Gasteiger partial charge in [-0.25, -0.2) is 0 Å². The highest BCUT2D eigenvalue weighted by molar-refractivity contribution is 5.97. The lowest BCUT2D eigenvalue weighted by atomic mass is 10.0. The summed E-state index contributed by atoms with van der Waals surface area (Å²) in [6.45, 7) is -0.0405. The number of benzene rings is 1. The lowest BCUT2D eigenvalue weighted by molar-refractivity contribution is -0.148. The SMILES string of the molecule is CN(C)CC(=O)OCC1NC(=O)C(Cc2ccccc2)NC1=O. The standard InChI is InChI=1S/C16H21N3O4/c1-19(2)9-14(20)23-10-13-16(22)17-12(15(21)18-13)8-11-6-4-3-5-7-11/h3-7,12-13H,8-10H2,1-2H3,(H,17,22)(H,18,21). The number of amides is 2. The number of likely N-dealkylation sites (N-methyl/N-ethyl adjacent to an activating group) is 1. The molecule has 2 rings (SSSR count). The number of rotatable bonds is 6. The minimum Gasteiger partial charge on any atom is -0.462 e. The third kappa shape index (κ3) is 5.07. The molecule has 2 amide bonds. The fourth-order valence-corrected chi connectivity index (χ4v) is 2.27. The van der Waals surface area contributed by atoms with Crippen LogP contribution in [0.3, 0.4) is 0 Å². The van der Waals surface area contributed by atoms with Gasteiger partial charge in [-0.15, -0.1) is 0 Å². The average molecular weight is 319 g/mol. The van der Waals surface area contributed by atoms with E-state index in [9.17, 15) is 14.4 Å². The Balaban J connectivity index is 1.86. The van der Waals surface area contributed by atoms with Gasteiger partial charge < -0.3 is 15.4 Å². The number of esters is 1. The molecular formula is C16H21N3O4. The summed E-state index contributed by atoms with van der Waals surface area (Å²) in [6, 6.07) is 7.99. The van der Waals surface area contributed by atoms with Crippen molar-refractivity contribution in [3.8, 4) is 0 Å². The fraction of sp³-hybridized carbons (Fsp3) is 0.438. The van der Waals surface area contributed by atoms with E-state index in [-0.39, 0.29) is 25.0 Å². The Morgan fingerprint density at radius 2 is 1.70 bits per heavy atom. The second-order valence-electron chi connectivity index (χ2n) is 5.73. The Kier molecular flexibility index (Phi) is 5.70. The molecule has 1 aliphatic heterocycles. The van der Waals surface area contributed by atoms with Gasteiger partial charge in [0.25, 0.3) is 0 Å². The van der Waals surface area contributed by atoms with Gasteiger partial charge in [0.2, 0.25) is 11.8 Å². The molecule has 7 heteroatoms. The predicted molar refractivity (Wildman–Crippen MR) is 83.5 cm³/mol. The summed E-state index contributed by atoms with van der Waals surface area (Å²) in [4.78, 5) is 37.3. The first-order valence-corrected chi connectivity index (χ1v) is 7.40. The van der Waals surface area contributed by atoms with Crippen LogP contribution in [0.25, 0.3) is 0 Å². The summed E-state index contributed by atoms with van der Waals surface area (Å²) in [5, 5.41) is 5.28. The number of piperazine rings is 1. The molecule has 7 nitrogen and oxygen atoms in total. The number of nitrogens with zero attached hydrogens (tertiary/aromatic N) is 1. The zero-order valence-corrected chi connectivity index (χ0v) is 13.2. The number of hydrogen-bond donors (Lipinski definition) is 2. The van der Waals surface area contributed by atoms with E-state index in [1.807, 2.05) is 30.3 Å². The van der Waals surface area contributed by atoms with E-state index in [2.05, 4.69) is 10.6 Å². The molecule has 2 unspecified atom stereocenters. The first-order valence-electron chi connectivity index (χ1n) is 7.40. The summed E-state index contributed by atoms with van der Waals surface area (Å²) < 4.78 is 5.01. The molecular weight excluding hydrogens is 298 g/mol. The quantitative estimate of drug-likeness (QED) is 0.678. The lowest BCUT2D eigenvalue weighted by Crippen LogP contribution is -2.63. The summed E-state index contributed by atoms with van der Waals surface area (Å²) in [5.41, 5.74) is 0.962. The molecule has 124 valence electrons. The topological polar surface area (TPSA) is 87.7 Å². The van der Waals surface area contributed by atoms with Gasteiger partial charge in [-0.05, 0) is 19.7 Å². The van der Waals surface area contributed by atoms with Gasteiger partial charge in [0.15, 0.2) is 0 Å². The van der Waals surface area contributed by atoms with E-state index in [4.69, 9.17) is 4.74 Å². The van der Waals surface area contributed by atoms with Crippen LogP contribution in [0.1, 0.15) is 5.56 Å². The van der Waals surface area contributed by atoms with E-state index in [0.29, 0.717) is 6.42 Å². The van der Waals surface area contributed by atoms with Crippen LogP contribution in [0.5, 0.6) is 0 Å². The minimum atomic E-state index is -0.847. The smallest absolute Gasteiger partial charge is 0.320 e. The summed E-state index contributed by atoms with van der Waals surface area (Å²) >= 11 is 0. The molecule has 23 heavy (non-hydrogen) atoms. The van der Waals surface area contributed by atoms with Crippen LogP contribution in [0.15, 0.2) is 30.3 Å². The van der Waals surface area contributed by atoms with Gasteiger partial charge in [-0.1, -0.05) is 30.3 Å². The largest absolute Gasteiger partial charge is 0.462 e. The molecule has 1 aliphatic rings. The maximum atomic E-state index is 12.1. The van der Waals surface area contributed by atoms with Crippen LogP contribution in [0, 0.1) is 0 Å². The Bertz CT molecular complexity index is 574. The van der Waals surface area contributed by atoms with Crippen LogP contribution in [-0.4, -0.2) is 62.0 Å². The van der Waals surface area contributed by atoms with Crippen LogP contribution in [0.4, 0.5) is 0 Å². The Morgan fingerprint density at radius 3 is 2.35 bits per heavy atom. The van der Waals surface area contributed by atoms with E-state index in [1.54, 1.807) is 19.0 Å². The number of ether oxygens (including phenoxy) is 1. The average Bonchev–Trinajstić information content (AvgIpc) is 2.49. The molecule has 0 bridgehead atoms. The van der Waals surface area contributed by atoms with Crippen molar-refractivity contribution in [3.63, 3.8) is 0 Å². The van der Waals surface area contributed by atoms with Crippen molar-refractivity contribution in [1.82, 2.24) is 15.5 Å². The van der Waals surface area contributed by atoms with E-state index < -0.39 is 18.1 Å². The molecule has 0 aromatic heterocycles. The van der Waals surface area contributed by atoms with Crippen LogP contribution >= 0.6 is 0 Å². The van der Waals surface area contributed by atoms with Gasteiger partial charge >= 0.3 is 5.97 Å². The first kappa shape index (κ1) is 17.0. The maximum absolute atomic E-state index is 12.1. The van der Waals surface area contributed by atoms with Crippen LogP contribution < -0.4 is 10.6 Å². The van der Waals surface area contributed by atoms with E-state index in [0.717, 1.165) is 5.56 Å². The molecule has 0 radical (unpaired) electrons. The fourth-order valence-electron chi connectivity index (χ4n) is 2.27. The maximum Gasteiger partial charge on any atom is 0.320 e. The third-order valence-electron chi connectivity index (χ3n) is 3.40. The summed E-state index contributed by atoms with van der Waals surface area (Å²) in [6.07, 6.45) is 0.422. The van der Waals surface area contributed by atoms with Crippen molar-refractivity contribution < 1.29 is 19.1 Å². The van der Waals surface area contributed by atoms with Gasteiger partial charge in [-0.2, -0.15) is 0 Å². The molecule has 1 fully saturated rings. The number of hydrogen-bond acceptors (Lipinski definition) is 5. The second-order valence-corrected chi connectivity index (χ2v) is 5.73. The molecule has 1 saturated heterocycles. The molecule has 2 N–H and O–H groups in total. The van der Waals surface area contributed by atoms with Crippen molar-refractivity contribution in [3.05, 3.63) is 35.9 Å².